The van der Waals surface area contributed by atoms with E-state index in [0.717, 1.165) is 30.7 Å². The van der Waals surface area contributed by atoms with Gasteiger partial charge in [0.15, 0.2) is 0 Å². The summed E-state index contributed by atoms with van der Waals surface area (Å²) in [5, 5.41) is 3.37. The van der Waals surface area contributed by atoms with E-state index in [9.17, 15) is 0 Å². The van der Waals surface area contributed by atoms with Crippen LogP contribution in [-0.2, 0) is 11.3 Å². The van der Waals surface area contributed by atoms with Crippen LogP contribution in [0.4, 0.5) is 0 Å². The number of benzene rings is 1. The molecule has 1 heterocycles. The SMILES string of the molecule is CCNCC1CCC(CN(C)Cc2cccc(Br)c2)O1. The molecule has 1 aromatic carbocycles. The average molecular weight is 341 g/mol. The fourth-order valence-electron chi connectivity index (χ4n) is 2.73. The summed E-state index contributed by atoms with van der Waals surface area (Å²) in [5.74, 6) is 0. The zero-order chi connectivity index (χ0) is 14.4. The van der Waals surface area contributed by atoms with Gasteiger partial charge in [0.2, 0.25) is 0 Å². The maximum Gasteiger partial charge on any atom is 0.0707 e. The van der Waals surface area contributed by atoms with Crippen molar-refractivity contribution >= 4 is 15.9 Å². The molecule has 1 aromatic rings. The van der Waals surface area contributed by atoms with Gasteiger partial charge in [-0.05, 0) is 44.1 Å². The van der Waals surface area contributed by atoms with Gasteiger partial charge in [0, 0.05) is 24.1 Å². The first-order valence-electron chi connectivity index (χ1n) is 7.46. The maximum atomic E-state index is 6.08. The Morgan fingerprint density at radius 3 is 2.90 bits per heavy atom. The minimum Gasteiger partial charge on any atom is -0.372 e. The lowest BCUT2D eigenvalue weighted by molar-refractivity contribution is 0.0270. The molecule has 1 aliphatic rings. The summed E-state index contributed by atoms with van der Waals surface area (Å²) in [6, 6.07) is 8.51. The summed E-state index contributed by atoms with van der Waals surface area (Å²) in [6.45, 7) is 6.13. The highest BCUT2D eigenvalue weighted by Crippen LogP contribution is 2.20. The van der Waals surface area contributed by atoms with Crippen LogP contribution >= 0.6 is 15.9 Å². The number of nitrogens with zero attached hydrogens (tertiary/aromatic N) is 1. The minimum absolute atomic E-state index is 0.385. The van der Waals surface area contributed by atoms with Crippen LogP contribution in [0.5, 0.6) is 0 Å². The van der Waals surface area contributed by atoms with E-state index in [1.165, 1.54) is 18.4 Å². The lowest BCUT2D eigenvalue weighted by atomic mass is 10.1. The largest absolute Gasteiger partial charge is 0.372 e. The Hall–Kier alpha value is -0.420. The average Bonchev–Trinajstić information content (AvgIpc) is 2.83. The normalized spacial score (nSPS) is 22.6. The quantitative estimate of drug-likeness (QED) is 0.825. The summed E-state index contributed by atoms with van der Waals surface area (Å²) < 4.78 is 7.23. The van der Waals surface area contributed by atoms with Crippen LogP contribution in [0.25, 0.3) is 0 Å². The van der Waals surface area contributed by atoms with Crippen molar-refractivity contribution in [3.63, 3.8) is 0 Å². The fourth-order valence-corrected chi connectivity index (χ4v) is 3.18. The molecule has 0 aliphatic carbocycles. The predicted molar refractivity (Wildman–Crippen MR) is 86.9 cm³/mol. The Bertz CT molecular complexity index is 413. The smallest absolute Gasteiger partial charge is 0.0707 e. The van der Waals surface area contributed by atoms with Crippen molar-refractivity contribution in [1.82, 2.24) is 10.2 Å². The molecule has 1 saturated heterocycles. The standard InChI is InChI=1S/C16H25BrN2O/c1-3-18-10-15-7-8-16(20-15)12-19(2)11-13-5-4-6-14(17)9-13/h4-6,9,15-16,18H,3,7-8,10-12H2,1-2H3. The van der Waals surface area contributed by atoms with E-state index in [-0.39, 0.29) is 0 Å². The van der Waals surface area contributed by atoms with Crippen molar-refractivity contribution in [3.8, 4) is 0 Å². The molecule has 1 aliphatic heterocycles. The number of likely N-dealkylation sites (N-methyl/N-ethyl adjacent to an activating group) is 2. The molecule has 0 amide bonds. The third-order valence-corrected chi connectivity index (χ3v) is 4.17. The van der Waals surface area contributed by atoms with Gasteiger partial charge < -0.3 is 10.1 Å². The van der Waals surface area contributed by atoms with Gasteiger partial charge in [-0.1, -0.05) is 35.0 Å². The second-order valence-electron chi connectivity index (χ2n) is 5.59. The van der Waals surface area contributed by atoms with Gasteiger partial charge in [-0.15, -0.1) is 0 Å². The van der Waals surface area contributed by atoms with Crippen LogP contribution in [0.1, 0.15) is 25.3 Å². The highest BCUT2D eigenvalue weighted by Gasteiger charge is 2.25. The molecule has 0 aromatic heterocycles. The van der Waals surface area contributed by atoms with Crippen molar-refractivity contribution in [2.24, 2.45) is 0 Å². The van der Waals surface area contributed by atoms with Crippen molar-refractivity contribution in [2.45, 2.75) is 38.5 Å². The lowest BCUT2D eigenvalue weighted by Crippen LogP contribution is -2.31. The van der Waals surface area contributed by atoms with Crippen LogP contribution in [0.2, 0.25) is 0 Å². The van der Waals surface area contributed by atoms with Gasteiger partial charge in [0.1, 0.15) is 0 Å². The van der Waals surface area contributed by atoms with Crippen molar-refractivity contribution in [2.75, 3.05) is 26.7 Å². The van der Waals surface area contributed by atoms with Crippen LogP contribution in [0, 0.1) is 0 Å². The van der Waals surface area contributed by atoms with E-state index in [4.69, 9.17) is 4.74 Å². The molecular formula is C16H25BrN2O. The fraction of sp³-hybridized carbons (Fsp3) is 0.625. The lowest BCUT2D eigenvalue weighted by Gasteiger charge is -2.21. The number of nitrogens with one attached hydrogen (secondary N) is 1. The Labute approximate surface area is 130 Å². The van der Waals surface area contributed by atoms with Gasteiger partial charge in [-0.2, -0.15) is 0 Å². The number of rotatable bonds is 7. The van der Waals surface area contributed by atoms with E-state index >= 15 is 0 Å². The first-order valence-corrected chi connectivity index (χ1v) is 8.26. The summed E-state index contributed by atoms with van der Waals surface area (Å²) in [5.41, 5.74) is 1.34. The van der Waals surface area contributed by atoms with Crippen LogP contribution in [0.3, 0.4) is 0 Å². The second-order valence-corrected chi connectivity index (χ2v) is 6.51. The second kappa shape index (κ2) is 8.13. The van der Waals surface area contributed by atoms with Crippen LogP contribution < -0.4 is 5.32 Å². The number of ether oxygens (including phenoxy) is 1. The summed E-state index contributed by atoms with van der Waals surface area (Å²) in [4.78, 5) is 2.35. The van der Waals surface area contributed by atoms with Crippen molar-refractivity contribution in [3.05, 3.63) is 34.3 Å². The molecule has 3 nitrogen and oxygen atoms in total. The van der Waals surface area contributed by atoms with E-state index in [1.807, 2.05) is 0 Å². The van der Waals surface area contributed by atoms with E-state index < -0.39 is 0 Å². The zero-order valence-corrected chi connectivity index (χ0v) is 14.0. The Morgan fingerprint density at radius 2 is 2.15 bits per heavy atom. The third kappa shape index (κ3) is 5.17. The predicted octanol–water partition coefficient (Wildman–Crippen LogP) is 3.04. The van der Waals surface area contributed by atoms with Gasteiger partial charge in [-0.25, -0.2) is 0 Å². The number of halogens is 1. The molecule has 0 radical (unpaired) electrons. The molecule has 0 saturated carbocycles. The highest BCUT2D eigenvalue weighted by atomic mass is 79.9. The van der Waals surface area contributed by atoms with Gasteiger partial charge in [-0.3, -0.25) is 4.90 Å². The van der Waals surface area contributed by atoms with Crippen molar-refractivity contribution in [1.29, 1.82) is 0 Å². The van der Waals surface area contributed by atoms with E-state index in [0.29, 0.717) is 12.2 Å². The molecule has 0 bridgehead atoms. The third-order valence-electron chi connectivity index (χ3n) is 3.67. The molecule has 20 heavy (non-hydrogen) atoms. The summed E-state index contributed by atoms with van der Waals surface area (Å²) in [7, 11) is 2.17. The van der Waals surface area contributed by atoms with Crippen molar-refractivity contribution < 1.29 is 4.74 Å². The van der Waals surface area contributed by atoms with Gasteiger partial charge in [0.25, 0.3) is 0 Å². The molecular weight excluding hydrogens is 316 g/mol. The summed E-state index contributed by atoms with van der Waals surface area (Å²) in [6.07, 6.45) is 3.15. The molecule has 2 atom stereocenters. The zero-order valence-electron chi connectivity index (χ0n) is 12.4. The molecule has 2 rings (SSSR count). The maximum absolute atomic E-state index is 6.08. The van der Waals surface area contributed by atoms with E-state index in [2.05, 4.69) is 64.4 Å². The molecule has 1 N–H and O–H groups in total. The topological polar surface area (TPSA) is 24.5 Å². The molecule has 2 unspecified atom stereocenters. The number of hydrogen-bond acceptors (Lipinski definition) is 3. The summed E-state index contributed by atoms with van der Waals surface area (Å²) >= 11 is 3.52. The monoisotopic (exact) mass is 340 g/mol. The van der Waals surface area contributed by atoms with Gasteiger partial charge >= 0.3 is 0 Å². The van der Waals surface area contributed by atoms with Crippen LogP contribution in [-0.4, -0.2) is 43.8 Å². The molecule has 1 fully saturated rings. The molecule has 0 spiro atoms. The van der Waals surface area contributed by atoms with Crippen LogP contribution in [0.15, 0.2) is 28.7 Å². The van der Waals surface area contributed by atoms with Gasteiger partial charge in [0.05, 0.1) is 12.2 Å². The first-order chi connectivity index (χ1) is 9.67. The Balaban J connectivity index is 1.74. The first kappa shape index (κ1) is 16.0. The highest BCUT2D eigenvalue weighted by molar-refractivity contribution is 9.10. The number of hydrogen-bond donors (Lipinski definition) is 1. The Kier molecular flexibility index (Phi) is 6.49. The van der Waals surface area contributed by atoms with E-state index in [1.54, 1.807) is 0 Å². The molecule has 112 valence electrons. The Morgan fingerprint density at radius 1 is 1.35 bits per heavy atom. The molecule has 4 heteroatoms. The minimum atomic E-state index is 0.385.